The second-order valence-electron chi connectivity index (χ2n) is 3.50. The molecule has 18 heavy (non-hydrogen) atoms. The molecule has 0 fully saturated rings. The Morgan fingerprint density at radius 1 is 1.11 bits per heavy atom. The minimum atomic E-state index is -4.54. The lowest BCUT2D eigenvalue weighted by Crippen LogP contribution is -2.11. The Hall–Kier alpha value is -1.63. The second kappa shape index (κ2) is 4.56. The summed E-state index contributed by atoms with van der Waals surface area (Å²) in [6, 6.07) is 7.64. The lowest BCUT2D eigenvalue weighted by atomic mass is 10.1. The molecule has 7 heteroatoms. The van der Waals surface area contributed by atoms with Gasteiger partial charge in [0.2, 0.25) is 5.95 Å². The molecule has 0 atom stereocenters. The van der Waals surface area contributed by atoms with Crippen LogP contribution in [0.4, 0.5) is 19.1 Å². The van der Waals surface area contributed by atoms with Crippen LogP contribution >= 0.6 is 15.9 Å². The van der Waals surface area contributed by atoms with Crippen molar-refractivity contribution in [1.29, 1.82) is 0 Å². The van der Waals surface area contributed by atoms with Crippen molar-refractivity contribution < 1.29 is 13.2 Å². The Morgan fingerprint density at radius 3 is 2.44 bits per heavy atom. The highest BCUT2D eigenvalue weighted by Gasteiger charge is 2.33. The quantitative estimate of drug-likeness (QED) is 0.875. The minimum Gasteiger partial charge on any atom is -0.368 e. The van der Waals surface area contributed by atoms with Crippen molar-refractivity contribution in [2.45, 2.75) is 6.18 Å². The molecule has 0 aliphatic carbocycles. The van der Waals surface area contributed by atoms with Crippen LogP contribution in [0.2, 0.25) is 0 Å². The number of alkyl halides is 3. The van der Waals surface area contributed by atoms with Gasteiger partial charge in [-0.1, -0.05) is 28.1 Å². The van der Waals surface area contributed by atoms with Gasteiger partial charge in [-0.2, -0.15) is 13.2 Å². The summed E-state index contributed by atoms with van der Waals surface area (Å²) in [6.07, 6.45) is -4.54. The normalized spacial score (nSPS) is 11.6. The third kappa shape index (κ3) is 2.79. The van der Waals surface area contributed by atoms with Crippen LogP contribution in [0.25, 0.3) is 11.3 Å². The number of aromatic nitrogens is 2. The van der Waals surface area contributed by atoms with Crippen LogP contribution in [-0.2, 0) is 6.18 Å². The maximum absolute atomic E-state index is 12.6. The van der Waals surface area contributed by atoms with E-state index in [1.54, 1.807) is 24.3 Å². The van der Waals surface area contributed by atoms with Crippen molar-refractivity contribution in [2.24, 2.45) is 0 Å². The lowest BCUT2D eigenvalue weighted by Gasteiger charge is -2.08. The first-order valence-electron chi connectivity index (χ1n) is 4.84. The third-order valence-corrected chi connectivity index (χ3v) is 2.65. The average molecular weight is 318 g/mol. The first kappa shape index (κ1) is 12.8. The summed E-state index contributed by atoms with van der Waals surface area (Å²) in [6.45, 7) is 0. The fourth-order valence-electron chi connectivity index (χ4n) is 1.41. The topological polar surface area (TPSA) is 51.8 Å². The highest BCUT2D eigenvalue weighted by Crippen LogP contribution is 2.31. The van der Waals surface area contributed by atoms with E-state index in [9.17, 15) is 13.2 Å². The number of benzene rings is 1. The molecule has 1 heterocycles. The van der Waals surface area contributed by atoms with Gasteiger partial charge in [0.15, 0.2) is 5.69 Å². The van der Waals surface area contributed by atoms with Crippen molar-refractivity contribution >= 4 is 21.9 Å². The predicted octanol–water partition coefficient (Wildman–Crippen LogP) is 3.51. The molecule has 0 radical (unpaired) electrons. The first-order chi connectivity index (χ1) is 8.36. The maximum Gasteiger partial charge on any atom is 0.433 e. The van der Waals surface area contributed by atoms with Crippen molar-refractivity contribution in [1.82, 2.24) is 9.97 Å². The molecule has 0 aliphatic rings. The van der Waals surface area contributed by atoms with E-state index in [4.69, 9.17) is 5.73 Å². The number of hydrogen-bond donors (Lipinski definition) is 1. The van der Waals surface area contributed by atoms with Gasteiger partial charge in [0, 0.05) is 10.0 Å². The van der Waals surface area contributed by atoms with Crippen LogP contribution in [0.5, 0.6) is 0 Å². The molecule has 0 unspecified atom stereocenters. The van der Waals surface area contributed by atoms with E-state index in [0.29, 0.717) is 5.56 Å². The predicted molar refractivity (Wildman–Crippen MR) is 64.6 cm³/mol. The molecule has 0 saturated heterocycles. The summed E-state index contributed by atoms with van der Waals surface area (Å²) >= 11 is 3.24. The highest BCUT2D eigenvalue weighted by molar-refractivity contribution is 9.10. The van der Waals surface area contributed by atoms with Crippen LogP contribution in [-0.4, -0.2) is 9.97 Å². The number of nitrogens with zero attached hydrogens (tertiary/aromatic N) is 2. The average Bonchev–Trinajstić information content (AvgIpc) is 2.27. The van der Waals surface area contributed by atoms with Gasteiger partial charge >= 0.3 is 6.18 Å². The van der Waals surface area contributed by atoms with Crippen molar-refractivity contribution in [2.75, 3.05) is 5.73 Å². The Kier molecular flexibility index (Phi) is 3.25. The molecule has 0 spiro atoms. The molecule has 0 bridgehead atoms. The van der Waals surface area contributed by atoms with E-state index >= 15 is 0 Å². The Morgan fingerprint density at radius 2 is 1.83 bits per heavy atom. The zero-order chi connectivity index (χ0) is 13.3. The molecule has 94 valence electrons. The van der Waals surface area contributed by atoms with Crippen LogP contribution in [0, 0.1) is 0 Å². The summed E-state index contributed by atoms with van der Waals surface area (Å²) in [7, 11) is 0. The van der Waals surface area contributed by atoms with Crippen LogP contribution in [0.3, 0.4) is 0 Å². The number of nitrogens with two attached hydrogens (primary N) is 1. The molecule has 1 aromatic carbocycles. The zero-order valence-electron chi connectivity index (χ0n) is 8.87. The van der Waals surface area contributed by atoms with Gasteiger partial charge in [0.25, 0.3) is 0 Å². The smallest absolute Gasteiger partial charge is 0.368 e. The summed E-state index contributed by atoms with van der Waals surface area (Å²) in [5.41, 5.74) is 4.91. The summed E-state index contributed by atoms with van der Waals surface area (Å²) in [5, 5.41) is 0. The molecular formula is C11H7BrF3N3. The molecule has 0 amide bonds. The van der Waals surface area contributed by atoms with Gasteiger partial charge in [-0.05, 0) is 18.2 Å². The SMILES string of the molecule is Nc1nc(-c2cccc(Br)c2)cc(C(F)(F)F)n1. The van der Waals surface area contributed by atoms with E-state index in [1.165, 1.54) is 0 Å². The molecule has 1 aromatic heterocycles. The first-order valence-corrected chi connectivity index (χ1v) is 5.63. The van der Waals surface area contributed by atoms with E-state index in [-0.39, 0.29) is 5.69 Å². The number of hydrogen-bond acceptors (Lipinski definition) is 3. The molecule has 2 N–H and O–H groups in total. The second-order valence-corrected chi connectivity index (χ2v) is 4.42. The Bertz CT molecular complexity index is 584. The fourth-order valence-corrected chi connectivity index (χ4v) is 1.81. The van der Waals surface area contributed by atoms with Gasteiger partial charge in [0.05, 0.1) is 5.69 Å². The van der Waals surface area contributed by atoms with E-state index in [0.717, 1.165) is 10.5 Å². The molecule has 2 rings (SSSR count). The van der Waals surface area contributed by atoms with Crippen molar-refractivity contribution in [3.05, 3.63) is 40.5 Å². The van der Waals surface area contributed by atoms with Gasteiger partial charge in [0.1, 0.15) is 0 Å². The van der Waals surface area contributed by atoms with Crippen molar-refractivity contribution in [3.8, 4) is 11.3 Å². The monoisotopic (exact) mass is 317 g/mol. The molecule has 0 aliphatic heterocycles. The largest absolute Gasteiger partial charge is 0.433 e. The molecular weight excluding hydrogens is 311 g/mol. The van der Waals surface area contributed by atoms with Gasteiger partial charge in [-0.25, -0.2) is 9.97 Å². The van der Waals surface area contributed by atoms with Gasteiger partial charge in [-0.3, -0.25) is 0 Å². The summed E-state index contributed by atoms with van der Waals surface area (Å²) < 4.78 is 38.5. The number of anilines is 1. The number of nitrogen functional groups attached to an aromatic ring is 1. The number of rotatable bonds is 1. The molecule has 0 saturated carbocycles. The Balaban J connectivity index is 2.55. The highest BCUT2D eigenvalue weighted by atomic mass is 79.9. The van der Waals surface area contributed by atoms with Crippen LogP contribution < -0.4 is 5.73 Å². The van der Waals surface area contributed by atoms with Crippen molar-refractivity contribution in [3.63, 3.8) is 0 Å². The van der Waals surface area contributed by atoms with E-state index < -0.39 is 17.8 Å². The van der Waals surface area contributed by atoms with Crippen LogP contribution in [0.1, 0.15) is 5.69 Å². The van der Waals surface area contributed by atoms with E-state index in [1.807, 2.05) is 0 Å². The van der Waals surface area contributed by atoms with Gasteiger partial charge < -0.3 is 5.73 Å². The van der Waals surface area contributed by atoms with Crippen LogP contribution in [0.15, 0.2) is 34.8 Å². The number of halogens is 4. The lowest BCUT2D eigenvalue weighted by molar-refractivity contribution is -0.141. The Labute approximate surface area is 109 Å². The summed E-state index contributed by atoms with van der Waals surface area (Å²) in [5.74, 6) is -0.403. The zero-order valence-corrected chi connectivity index (χ0v) is 10.5. The van der Waals surface area contributed by atoms with E-state index in [2.05, 4.69) is 25.9 Å². The molecule has 3 nitrogen and oxygen atoms in total. The fraction of sp³-hybridized carbons (Fsp3) is 0.0909. The standard InChI is InChI=1S/C11H7BrF3N3/c12-7-3-1-2-6(4-7)8-5-9(11(13,14)15)18-10(16)17-8/h1-5H,(H2,16,17,18). The van der Waals surface area contributed by atoms with Gasteiger partial charge in [-0.15, -0.1) is 0 Å². The third-order valence-electron chi connectivity index (χ3n) is 2.15. The molecule has 2 aromatic rings. The maximum atomic E-state index is 12.6. The summed E-state index contributed by atoms with van der Waals surface area (Å²) in [4.78, 5) is 6.99. The minimum absolute atomic E-state index is 0.135.